The van der Waals surface area contributed by atoms with E-state index >= 15 is 0 Å². The SMILES string of the molecule is Cc1cc(O)ccc1C1=NN(c2ccc(S(N)(=O)=O)cc2)C(=O)CC1. The zero-order valence-corrected chi connectivity index (χ0v) is 14.3. The molecule has 0 aromatic heterocycles. The second-order valence-corrected chi connectivity index (χ2v) is 7.35. The second kappa shape index (κ2) is 6.30. The Labute approximate surface area is 145 Å². The summed E-state index contributed by atoms with van der Waals surface area (Å²) in [6.07, 6.45) is 0.784. The Morgan fingerprint density at radius 3 is 2.40 bits per heavy atom. The van der Waals surface area contributed by atoms with Gasteiger partial charge in [-0.25, -0.2) is 18.6 Å². The van der Waals surface area contributed by atoms with Gasteiger partial charge in [-0.05, 0) is 55.0 Å². The van der Waals surface area contributed by atoms with Crippen LogP contribution in [0.2, 0.25) is 0 Å². The summed E-state index contributed by atoms with van der Waals surface area (Å²) in [5.41, 5.74) is 2.91. The van der Waals surface area contributed by atoms with Crippen molar-refractivity contribution in [3.63, 3.8) is 0 Å². The number of aromatic hydroxyl groups is 1. The summed E-state index contributed by atoms with van der Waals surface area (Å²) >= 11 is 0. The number of hydrazone groups is 1. The molecule has 0 saturated heterocycles. The molecule has 0 spiro atoms. The van der Waals surface area contributed by atoms with Crippen LogP contribution in [0.1, 0.15) is 24.0 Å². The first-order valence-electron chi connectivity index (χ1n) is 7.59. The Morgan fingerprint density at radius 2 is 1.80 bits per heavy atom. The van der Waals surface area contributed by atoms with Gasteiger partial charge in [0.2, 0.25) is 15.9 Å². The zero-order chi connectivity index (χ0) is 18.2. The third-order valence-corrected chi connectivity index (χ3v) is 4.89. The Bertz CT molecular complexity index is 966. The van der Waals surface area contributed by atoms with Crippen LogP contribution >= 0.6 is 0 Å². The summed E-state index contributed by atoms with van der Waals surface area (Å²) in [6.45, 7) is 1.86. The Morgan fingerprint density at radius 1 is 1.12 bits per heavy atom. The number of carbonyl (C=O) groups is 1. The Kier molecular flexibility index (Phi) is 4.32. The van der Waals surface area contributed by atoms with Crippen molar-refractivity contribution in [3.05, 3.63) is 53.6 Å². The van der Waals surface area contributed by atoms with Crippen LogP contribution in [0.3, 0.4) is 0 Å². The topological polar surface area (TPSA) is 113 Å². The highest BCUT2D eigenvalue weighted by atomic mass is 32.2. The molecule has 25 heavy (non-hydrogen) atoms. The lowest BCUT2D eigenvalue weighted by Crippen LogP contribution is -2.32. The summed E-state index contributed by atoms with van der Waals surface area (Å²) in [7, 11) is -3.79. The van der Waals surface area contributed by atoms with E-state index in [4.69, 9.17) is 5.14 Å². The largest absolute Gasteiger partial charge is 0.508 e. The molecular weight excluding hydrogens is 342 g/mol. The van der Waals surface area contributed by atoms with Crippen molar-refractivity contribution < 1.29 is 18.3 Å². The van der Waals surface area contributed by atoms with Crippen LogP contribution in [0.4, 0.5) is 5.69 Å². The molecule has 1 heterocycles. The molecule has 1 aliphatic rings. The second-order valence-electron chi connectivity index (χ2n) is 5.79. The van der Waals surface area contributed by atoms with E-state index in [0.29, 0.717) is 12.1 Å². The number of primary sulfonamides is 1. The molecule has 7 nitrogen and oxygen atoms in total. The number of anilines is 1. The quantitative estimate of drug-likeness (QED) is 0.871. The van der Waals surface area contributed by atoms with Gasteiger partial charge in [-0.3, -0.25) is 4.79 Å². The number of carbonyl (C=O) groups excluding carboxylic acids is 1. The van der Waals surface area contributed by atoms with E-state index in [1.54, 1.807) is 18.2 Å². The molecular formula is C17H17N3O4S. The molecule has 130 valence electrons. The zero-order valence-electron chi connectivity index (χ0n) is 13.5. The number of hydrogen-bond donors (Lipinski definition) is 2. The summed E-state index contributed by atoms with van der Waals surface area (Å²) in [4.78, 5) is 12.2. The molecule has 0 fully saturated rings. The van der Waals surface area contributed by atoms with Crippen molar-refractivity contribution in [2.24, 2.45) is 10.2 Å². The lowest BCUT2D eigenvalue weighted by Gasteiger charge is -2.24. The number of amides is 1. The Balaban J connectivity index is 1.98. The highest BCUT2D eigenvalue weighted by Crippen LogP contribution is 2.25. The van der Waals surface area contributed by atoms with Gasteiger partial charge in [-0.2, -0.15) is 5.10 Å². The van der Waals surface area contributed by atoms with Crippen molar-refractivity contribution in [1.29, 1.82) is 0 Å². The molecule has 0 radical (unpaired) electrons. The van der Waals surface area contributed by atoms with Crippen molar-refractivity contribution in [2.45, 2.75) is 24.7 Å². The predicted octanol–water partition coefficient (Wildman–Crippen LogP) is 1.88. The maximum atomic E-state index is 12.2. The monoisotopic (exact) mass is 359 g/mol. The third kappa shape index (κ3) is 3.54. The molecule has 0 bridgehead atoms. The number of benzene rings is 2. The number of sulfonamides is 1. The molecule has 0 aliphatic carbocycles. The van der Waals surface area contributed by atoms with Gasteiger partial charge >= 0.3 is 0 Å². The summed E-state index contributed by atoms with van der Waals surface area (Å²) in [6, 6.07) is 10.6. The van der Waals surface area contributed by atoms with E-state index in [0.717, 1.165) is 16.8 Å². The molecule has 2 aromatic rings. The molecule has 1 amide bonds. The molecule has 2 aromatic carbocycles. The van der Waals surface area contributed by atoms with Crippen LogP contribution in [-0.4, -0.2) is 25.1 Å². The van der Waals surface area contributed by atoms with E-state index < -0.39 is 10.0 Å². The summed E-state index contributed by atoms with van der Waals surface area (Å²) in [5, 5.41) is 20.3. The average Bonchev–Trinajstić information content (AvgIpc) is 2.55. The Hall–Kier alpha value is -2.71. The molecule has 0 unspecified atom stereocenters. The van der Waals surface area contributed by atoms with Crippen LogP contribution in [0.25, 0.3) is 0 Å². The van der Waals surface area contributed by atoms with Crippen molar-refractivity contribution in [3.8, 4) is 5.75 Å². The fraction of sp³-hybridized carbons (Fsp3) is 0.176. The molecule has 0 atom stereocenters. The smallest absolute Gasteiger partial charge is 0.247 e. The highest BCUT2D eigenvalue weighted by molar-refractivity contribution is 7.89. The fourth-order valence-corrected chi connectivity index (χ4v) is 3.21. The van der Waals surface area contributed by atoms with E-state index in [9.17, 15) is 18.3 Å². The van der Waals surface area contributed by atoms with Gasteiger partial charge in [-0.15, -0.1) is 0 Å². The van der Waals surface area contributed by atoms with Gasteiger partial charge in [0.1, 0.15) is 5.75 Å². The number of phenols is 1. The van der Waals surface area contributed by atoms with Crippen LogP contribution < -0.4 is 10.1 Å². The maximum absolute atomic E-state index is 12.2. The first kappa shape index (κ1) is 17.1. The minimum atomic E-state index is -3.79. The maximum Gasteiger partial charge on any atom is 0.247 e. The van der Waals surface area contributed by atoms with Crippen LogP contribution in [0.5, 0.6) is 5.75 Å². The number of hydrogen-bond acceptors (Lipinski definition) is 5. The van der Waals surface area contributed by atoms with Crippen LogP contribution in [-0.2, 0) is 14.8 Å². The van der Waals surface area contributed by atoms with Gasteiger partial charge in [0.15, 0.2) is 0 Å². The van der Waals surface area contributed by atoms with E-state index in [2.05, 4.69) is 5.10 Å². The van der Waals surface area contributed by atoms with Crippen molar-refractivity contribution >= 4 is 27.3 Å². The van der Waals surface area contributed by atoms with E-state index in [1.165, 1.54) is 29.3 Å². The lowest BCUT2D eigenvalue weighted by atomic mass is 9.99. The van der Waals surface area contributed by atoms with E-state index in [-0.39, 0.29) is 23.0 Å². The molecule has 3 N–H and O–H groups in total. The van der Waals surface area contributed by atoms with Crippen LogP contribution in [0, 0.1) is 6.92 Å². The molecule has 0 saturated carbocycles. The van der Waals surface area contributed by atoms with Crippen molar-refractivity contribution in [2.75, 3.05) is 5.01 Å². The minimum Gasteiger partial charge on any atom is -0.508 e. The third-order valence-electron chi connectivity index (χ3n) is 3.96. The van der Waals surface area contributed by atoms with Crippen molar-refractivity contribution in [1.82, 2.24) is 0 Å². The first-order chi connectivity index (χ1) is 11.8. The predicted molar refractivity (Wildman–Crippen MR) is 93.9 cm³/mol. The number of nitrogens with zero attached hydrogens (tertiary/aromatic N) is 2. The number of aryl methyl sites for hydroxylation is 1. The van der Waals surface area contributed by atoms with Gasteiger partial charge in [-0.1, -0.05) is 0 Å². The minimum absolute atomic E-state index is 0.0284. The molecule has 3 rings (SSSR count). The lowest BCUT2D eigenvalue weighted by molar-refractivity contribution is -0.118. The normalized spacial score (nSPS) is 15.2. The summed E-state index contributed by atoms with van der Waals surface area (Å²) < 4.78 is 22.7. The number of nitrogens with two attached hydrogens (primary N) is 1. The van der Waals surface area contributed by atoms with Crippen LogP contribution in [0.15, 0.2) is 52.5 Å². The highest BCUT2D eigenvalue weighted by Gasteiger charge is 2.24. The van der Waals surface area contributed by atoms with Gasteiger partial charge in [0.05, 0.1) is 16.3 Å². The molecule has 8 heteroatoms. The van der Waals surface area contributed by atoms with Gasteiger partial charge in [0, 0.05) is 18.4 Å². The standard InChI is InChI=1S/C17H17N3O4S/c1-11-10-13(21)4-7-15(11)16-8-9-17(22)20(19-16)12-2-5-14(6-3-12)25(18,23)24/h2-7,10,21H,8-9H2,1H3,(H2,18,23,24). The summed E-state index contributed by atoms with van der Waals surface area (Å²) in [5.74, 6) is -0.00675. The molecule has 1 aliphatic heterocycles. The number of rotatable bonds is 3. The number of phenolic OH excluding ortho intramolecular Hbond substituents is 1. The van der Waals surface area contributed by atoms with Gasteiger partial charge in [0.25, 0.3) is 0 Å². The fourth-order valence-electron chi connectivity index (χ4n) is 2.70. The van der Waals surface area contributed by atoms with E-state index in [1.807, 2.05) is 6.92 Å². The van der Waals surface area contributed by atoms with Gasteiger partial charge < -0.3 is 5.11 Å². The average molecular weight is 359 g/mol. The first-order valence-corrected chi connectivity index (χ1v) is 9.13.